The van der Waals surface area contributed by atoms with Crippen molar-refractivity contribution in [3.63, 3.8) is 0 Å². The third-order valence-corrected chi connectivity index (χ3v) is 4.35. The zero-order chi connectivity index (χ0) is 13.3. The zero-order valence-electron chi connectivity index (χ0n) is 10.0. The molecule has 0 aromatic heterocycles. The van der Waals surface area contributed by atoms with Crippen LogP contribution in [0.25, 0.3) is 0 Å². The lowest BCUT2D eigenvalue weighted by atomic mass is 10.1. The van der Waals surface area contributed by atoms with Crippen LogP contribution in [0.3, 0.4) is 0 Å². The Bertz CT molecular complexity index is 576. The van der Waals surface area contributed by atoms with Gasteiger partial charge in [-0.3, -0.25) is 4.72 Å². The molecule has 6 heteroatoms. The minimum atomic E-state index is -3.37. The van der Waals surface area contributed by atoms with Crippen molar-refractivity contribution >= 4 is 21.7 Å². The third kappa shape index (κ3) is 3.22. The Kier molecular flexibility index (Phi) is 3.30. The summed E-state index contributed by atoms with van der Waals surface area (Å²) in [5.41, 5.74) is 1.02. The molecular weight excluding hydrogens is 254 g/mol. The molecule has 2 N–H and O–H groups in total. The summed E-state index contributed by atoms with van der Waals surface area (Å²) in [5, 5.41) is 8.97. The average Bonchev–Trinajstić information content (AvgIpc) is 3.03. The molecule has 1 aromatic carbocycles. The number of carboxylic acid groups (broad SMARTS) is 1. The molecule has 0 radical (unpaired) electrons. The molecule has 0 saturated heterocycles. The second kappa shape index (κ2) is 4.61. The van der Waals surface area contributed by atoms with Crippen molar-refractivity contribution in [1.82, 2.24) is 0 Å². The predicted octanol–water partition coefficient (Wildman–Crippen LogP) is 1.84. The van der Waals surface area contributed by atoms with Crippen LogP contribution in [0, 0.1) is 12.8 Å². The molecule has 0 unspecified atom stereocenters. The third-order valence-electron chi connectivity index (χ3n) is 2.89. The van der Waals surface area contributed by atoms with Gasteiger partial charge in [0.05, 0.1) is 11.3 Å². The molecule has 0 aliphatic heterocycles. The maximum Gasteiger partial charge on any atom is 0.336 e. The molecular formula is C12H15NO4S. The number of sulfonamides is 1. The fourth-order valence-electron chi connectivity index (χ4n) is 1.73. The van der Waals surface area contributed by atoms with Crippen LogP contribution in [0.5, 0.6) is 0 Å². The van der Waals surface area contributed by atoms with Gasteiger partial charge in [0.25, 0.3) is 0 Å². The van der Waals surface area contributed by atoms with Crippen molar-refractivity contribution in [2.24, 2.45) is 5.92 Å². The van der Waals surface area contributed by atoms with E-state index in [9.17, 15) is 13.2 Å². The van der Waals surface area contributed by atoms with Gasteiger partial charge in [-0.15, -0.1) is 0 Å². The topological polar surface area (TPSA) is 83.5 Å². The summed E-state index contributed by atoms with van der Waals surface area (Å²) in [6.45, 7) is 1.67. The van der Waals surface area contributed by atoms with Gasteiger partial charge in [-0.2, -0.15) is 0 Å². The van der Waals surface area contributed by atoms with Crippen molar-refractivity contribution in [3.05, 3.63) is 29.3 Å². The summed E-state index contributed by atoms with van der Waals surface area (Å²) in [6, 6.07) is 4.52. The van der Waals surface area contributed by atoms with Crippen LogP contribution >= 0.6 is 0 Å². The summed E-state index contributed by atoms with van der Waals surface area (Å²) in [5.74, 6) is -0.689. The van der Waals surface area contributed by atoms with Crippen LogP contribution < -0.4 is 4.72 Å². The molecule has 18 heavy (non-hydrogen) atoms. The van der Waals surface area contributed by atoms with Gasteiger partial charge in [-0.1, -0.05) is 6.07 Å². The van der Waals surface area contributed by atoms with Gasteiger partial charge < -0.3 is 5.11 Å². The number of hydrogen-bond acceptors (Lipinski definition) is 3. The summed E-state index contributed by atoms with van der Waals surface area (Å²) >= 11 is 0. The highest BCUT2D eigenvalue weighted by molar-refractivity contribution is 7.92. The number of aryl methyl sites for hydroxylation is 1. The lowest BCUT2D eigenvalue weighted by Crippen LogP contribution is -2.18. The highest BCUT2D eigenvalue weighted by atomic mass is 32.2. The summed E-state index contributed by atoms with van der Waals surface area (Å²) < 4.78 is 25.9. The van der Waals surface area contributed by atoms with Gasteiger partial charge in [-0.05, 0) is 43.4 Å². The molecule has 2 rings (SSSR count). The van der Waals surface area contributed by atoms with Gasteiger partial charge in [0.15, 0.2) is 0 Å². The number of nitrogens with one attached hydrogen (secondary N) is 1. The standard InChI is InChI=1S/C12H15NO4S/c1-8-2-5-10(6-11(8)12(14)15)13-18(16,17)7-9-3-4-9/h2,5-6,9,13H,3-4,7H2,1H3,(H,14,15). The van der Waals surface area contributed by atoms with Crippen molar-refractivity contribution in [3.8, 4) is 0 Å². The highest BCUT2D eigenvalue weighted by Crippen LogP contribution is 2.30. The summed E-state index contributed by atoms with van der Waals surface area (Å²) in [7, 11) is -3.37. The van der Waals surface area contributed by atoms with Crippen LogP contribution in [-0.4, -0.2) is 25.2 Å². The van der Waals surface area contributed by atoms with Gasteiger partial charge in [0, 0.05) is 5.69 Å². The van der Waals surface area contributed by atoms with Gasteiger partial charge in [0.1, 0.15) is 0 Å². The first-order valence-corrected chi connectivity index (χ1v) is 7.37. The number of anilines is 1. The molecule has 1 saturated carbocycles. The van der Waals surface area contributed by atoms with Crippen LogP contribution in [-0.2, 0) is 10.0 Å². The lowest BCUT2D eigenvalue weighted by molar-refractivity contribution is 0.0696. The molecule has 1 fully saturated rings. The Morgan fingerprint density at radius 2 is 2.11 bits per heavy atom. The van der Waals surface area contributed by atoms with E-state index in [0.29, 0.717) is 11.3 Å². The monoisotopic (exact) mass is 269 g/mol. The quantitative estimate of drug-likeness (QED) is 0.854. The van der Waals surface area contributed by atoms with E-state index in [2.05, 4.69) is 4.72 Å². The van der Waals surface area contributed by atoms with Gasteiger partial charge in [-0.25, -0.2) is 13.2 Å². The molecule has 0 bridgehead atoms. The smallest absolute Gasteiger partial charge is 0.336 e. The molecule has 1 aromatic rings. The first kappa shape index (κ1) is 12.9. The Balaban J connectivity index is 2.18. The Hall–Kier alpha value is -1.56. The van der Waals surface area contributed by atoms with Crippen LogP contribution in [0.1, 0.15) is 28.8 Å². The van der Waals surface area contributed by atoms with E-state index >= 15 is 0 Å². The van der Waals surface area contributed by atoms with E-state index in [1.165, 1.54) is 6.07 Å². The van der Waals surface area contributed by atoms with Crippen LogP contribution in [0.15, 0.2) is 18.2 Å². The number of aromatic carboxylic acids is 1. The Morgan fingerprint density at radius 3 is 2.67 bits per heavy atom. The molecule has 1 aliphatic carbocycles. The molecule has 0 atom stereocenters. The first-order chi connectivity index (χ1) is 8.37. The molecule has 0 spiro atoms. The fourth-order valence-corrected chi connectivity index (χ4v) is 3.26. The fraction of sp³-hybridized carbons (Fsp3) is 0.417. The van der Waals surface area contributed by atoms with Crippen molar-refractivity contribution < 1.29 is 18.3 Å². The van der Waals surface area contributed by atoms with Crippen molar-refractivity contribution in [2.45, 2.75) is 19.8 Å². The van der Waals surface area contributed by atoms with Crippen molar-refractivity contribution in [1.29, 1.82) is 0 Å². The first-order valence-electron chi connectivity index (χ1n) is 5.72. The van der Waals surface area contributed by atoms with E-state index in [1.54, 1.807) is 19.1 Å². The number of hydrogen-bond donors (Lipinski definition) is 2. The average molecular weight is 269 g/mol. The van der Waals surface area contributed by atoms with E-state index in [4.69, 9.17) is 5.11 Å². The van der Waals surface area contributed by atoms with Gasteiger partial charge in [0.2, 0.25) is 10.0 Å². The number of benzene rings is 1. The van der Waals surface area contributed by atoms with Gasteiger partial charge >= 0.3 is 5.97 Å². The SMILES string of the molecule is Cc1ccc(NS(=O)(=O)CC2CC2)cc1C(=O)O. The minimum absolute atomic E-state index is 0.113. The lowest BCUT2D eigenvalue weighted by Gasteiger charge is -2.09. The maximum absolute atomic E-state index is 11.8. The van der Waals surface area contributed by atoms with E-state index in [-0.39, 0.29) is 17.2 Å². The van der Waals surface area contributed by atoms with Crippen LogP contribution in [0.4, 0.5) is 5.69 Å². The second-order valence-electron chi connectivity index (χ2n) is 4.66. The minimum Gasteiger partial charge on any atom is -0.478 e. The van der Waals surface area contributed by atoms with E-state index in [1.807, 2.05) is 0 Å². The zero-order valence-corrected chi connectivity index (χ0v) is 10.8. The Labute approximate surface area is 106 Å². The predicted molar refractivity (Wildman–Crippen MR) is 68.3 cm³/mol. The largest absolute Gasteiger partial charge is 0.478 e. The summed E-state index contributed by atoms with van der Waals surface area (Å²) in [6.07, 6.45) is 1.91. The number of carboxylic acids is 1. The number of carbonyl (C=O) groups is 1. The number of rotatable bonds is 5. The molecule has 0 amide bonds. The molecule has 0 heterocycles. The van der Waals surface area contributed by atoms with E-state index in [0.717, 1.165) is 12.8 Å². The highest BCUT2D eigenvalue weighted by Gasteiger charge is 2.28. The molecule has 98 valence electrons. The van der Waals surface area contributed by atoms with Crippen LogP contribution in [0.2, 0.25) is 0 Å². The maximum atomic E-state index is 11.8. The van der Waals surface area contributed by atoms with E-state index < -0.39 is 16.0 Å². The molecule has 1 aliphatic rings. The van der Waals surface area contributed by atoms with Crippen molar-refractivity contribution in [2.75, 3.05) is 10.5 Å². The molecule has 5 nitrogen and oxygen atoms in total. The Morgan fingerprint density at radius 1 is 1.44 bits per heavy atom. The normalized spacial score (nSPS) is 15.4. The summed E-state index contributed by atoms with van der Waals surface area (Å²) in [4.78, 5) is 11.0. The second-order valence-corrected chi connectivity index (χ2v) is 6.43.